The third-order valence-electron chi connectivity index (χ3n) is 1.87. The van der Waals surface area contributed by atoms with Crippen molar-refractivity contribution in [3.63, 3.8) is 0 Å². The summed E-state index contributed by atoms with van der Waals surface area (Å²) in [6.07, 6.45) is 0. The first-order valence-electron chi connectivity index (χ1n) is 4.21. The van der Waals surface area contributed by atoms with Crippen molar-refractivity contribution in [2.24, 2.45) is 0 Å². The zero-order chi connectivity index (χ0) is 10.1. The standard InChI is InChI=1S/C10H8Cl2OS/c1-2-13-6-3-7(11)10-8(12)5-14-9(10)4-6/h3-5H,2H2,1H3. The van der Waals surface area contributed by atoms with Crippen LogP contribution in [0.2, 0.25) is 10.0 Å². The smallest absolute Gasteiger partial charge is 0.122 e. The first-order chi connectivity index (χ1) is 6.72. The van der Waals surface area contributed by atoms with Gasteiger partial charge in [0.2, 0.25) is 0 Å². The average Bonchev–Trinajstić information content (AvgIpc) is 2.48. The van der Waals surface area contributed by atoms with E-state index in [2.05, 4.69) is 0 Å². The van der Waals surface area contributed by atoms with Crippen LogP contribution in [0.4, 0.5) is 0 Å². The molecular formula is C10H8Cl2OS. The molecule has 0 fully saturated rings. The van der Waals surface area contributed by atoms with Gasteiger partial charge in [-0.1, -0.05) is 23.2 Å². The van der Waals surface area contributed by atoms with Crippen molar-refractivity contribution in [1.29, 1.82) is 0 Å². The highest BCUT2D eigenvalue weighted by Gasteiger charge is 2.08. The Hall–Kier alpha value is -0.440. The minimum Gasteiger partial charge on any atom is -0.494 e. The third kappa shape index (κ3) is 1.70. The molecular weight excluding hydrogens is 239 g/mol. The van der Waals surface area contributed by atoms with E-state index in [9.17, 15) is 0 Å². The molecule has 0 saturated carbocycles. The van der Waals surface area contributed by atoms with Crippen molar-refractivity contribution in [3.05, 3.63) is 27.6 Å². The monoisotopic (exact) mass is 246 g/mol. The molecule has 0 aliphatic carbocycles. The van der Waals surface area contributed by atoms with Gasteiger partial charge in [-0.3, -0.25) is 0 Å². The molecule has 1 aromatic heterocycles. The summed E-state index contributed by atoms with van der Waals surface area (Å²) >= 11 is 13.7. The number of ether oxygens (including phenoxy) is 1. The van der Waals surface area contributed by atoms with Gasteiger partial charge in [0, 0.05) is 15.5 Å². The lowest BCUT2D eigenvalue weighted by atomic mass is 10.2. The lowest BCUT2D eigenvalue weighted by Gasteiger charge is -2.03. The van der Waals surface area contributed by atoms with E-state index in [4.69, 9.17) is 27.9 Å². The first-order valence-corrected chi connectivity index (χ1v) is 5.85. The van der Waals surface area contributed by atoms with Crippen LogP contribution in [0.3, 0.4) is 0 Å². The summed E-state index contributed by atoms with van der Waals surface area (Å²) in [7, 11) is 0. The number of thiophene rings is 1. The predicted molar refractivity (Wildman–Crippen MR) is 63.0 cm³/mol. The zero-order valence-corrected chi connectivity index (χ0v) is 9.84. The molecule has 0 aliphatic rings. The van der Waals surface area contributed by atoms with Gasteiger partial charge in [0.1, 0.15) is 5.75 Å². The predicted octanol–water partition coefficient (Wildman–Crippen LogP) is 4.61. The van der Waals surface area contributed by atoms with Gasteiger partial charge in [-0.2, -0.15) is 0 Å². The molecule has 2 rings (SSSR count). The number of halogens is 2. The summed E-state index contributed by atoms with van der Waals surface area (Å²) in [4.78, 5) is 0. The molecule has 0 aliphatic heterocycles. The summed E-state index contributed by atoms with van der Waals surface area (Å²) in [5.41, 5.74) is 0. The number of rotatable bonds is 2. The van der Waals surface area contributed by atoms with Gasteiger partial charge >= 0.3 is 0 Å². The Labute approximate surface area is 96.2 Å². The van der Waals surface area contributed by atoms with Gasteiger partial charge < -0.3 is 4.74 Å². The molecule has 0 unspecified atom stereocenters. The highest BCUT2D eigenvalue weighted by molar-refractivity contribution is 7.18. The van der Waals surface area contributed by atoms with Crippen LogP contribution in [0.5, 0.6) is 5.75 Å². The molecule has 0 saturated heterocycles. The minimum atomic E-state index is 0.640. The number of fused-ring (bicyclic) bond motifs is 1. The summed E-state index contributed by atoms with van der Waals surface area (Å²) in [6.45, 7) is 2.58. The summed E-state index contributed by atoms with van der Waals surface area (Å²) in [5, 5.41) is 4.16. The highest BCUT2D eigenvalue weighted by atomic mass is 35.5. The number of hydrogen-bond acceptors (Lipinski definition) is 2. The Morgan fingerprint density at radius 2 is 2.07 bits per heavy atom. The van der Waals surface area contributed by atoms with E-state index in [1.54, 1.807) is 17.4 Å². The van der Waals surface area contributed by atoms with Crippen molar-refractivity contribution in [1.82, 2.24) is 0 Å². The molecule has 0 spiro atoms. The SMILES string of the molecule is CCOc1cc(Cl)c2c(Cl)csc2c1. The van der Waals surface area contributed by atoms with Gasteiger partial charge in [-0.05, 0) is 19.1 Å². The molecule has 1 aromatic carbocycles. The van der Waals surface area contributed by atoms with Gasteiger partial charge in [0.05, 0.1) is 16.7 Å². The van der Waals surface area contributed by atoms with Crippen LogP contribution in [0.25, 0.3) is 10.1 Å². The first kappa shape index (κ1) is 10.1. The van der Waals surface area contributed by atoms with Crippen molar-refractivity contribution >= 4 is 44.6 Å². The van der Waals surface area contributed by atoms with Crippen LogP contribution >= 0.6 is 34.5 Å². The molecule has 0 atom stereocenters. The maximum Gasteiger partial charge on any atom is 0.122 e. The molecule has 74 valence electrons. The average molecular weight is 247 g/mol. The molecule has 0 radical (unpaired) electrons. The quantitative estimate of drug-likeness (QED) is 0.753. The van der Waals surface area contributed by atoms with Crippen molar-refractivity contribution in [3.8, 4) is 5.75 Å². The number of benzene rings is 1. The van der Waals surface area contributed by atoms with Crippen LogP contribution in [0, 0.1) is 0 Å². The Morgan fingerprint density at radius 3 is 2.79 bits per heavy atom. The molecule has 14 heavy (non-hydrogen) atoms. The number of hydrogen-bond donors (Lipinski definition) is 0. The second-order valence-electron chi connectivity index (χ2n) is 2.79. The highest BCUT2D eigenvalue weighted by Crippen LogP contribution is 2.38. The van der Waals surface area contributed by atoms with Crippen LogP contribution in [0.1, 0.15) is 6.92 Å². The molecule has 0 N–H and O–H groups in total. The van der Waals surface area contributed by atoms with E-state index < -0.39 is 0 Å². The Bertz CT molecular complexity index is 464. The zero-order valence-electron chi connectivity index (χ0n) is 7.51. The summed E-state index contributed by atoms with van der Waals surface area (Å²) < 4.78 is 6.44. The fourth-order valence-corrected chi connectivity index (χ4v) is 2.99. The van der Waals surface area contributed by atoms with Crippen molar-refractivity contribution < 1.29 is 4.74 Å². The van der Waals surface area contributed by atoms with Crippen LogP contribution in [0.15, 0.2) is 17.5 Å². The maximum absolute atomic E-state index is 6.09. The fourth-order valence-electron chi connectivity index (χ4n) is 1.31. The summed E-state index contributed by atoms with van der Waals surface area (Å²) in [5.74, 6) is 0.795. The van der Waals surface area contributed by atoms with E-state index >= 15 is 0 Å². The molecule has 1 heterocycles. The second-order valence-corrected chi connectivity index (χ2v) is 4.52. The van der Waals surface area contributed by atoms with Gasteiger partial charge in [-0.25, -0.2) is 0 Å². The summed E-state index contributed by atoms with van der Waals surface area (Å²) in [6, 6.07) is 3.76. The van der Waals surface area contributed by atoms with Gasteiger partial charge in [-0.15, -0.1) is 11.3 Å². The Kier molecular flexibility index (Phi) is 2.86. The van der Waals surface area contributed by atoms with E-state index in [0.717, 1.165) is 15.8 Å². The Balaban J connectivity index is 2.62. The molecule has 2 aromatic rings. The van der Waals surface area contributed by atoms with Crippen molar-refractivity contribution in [2.45, 2.75) is 6.92 Å². The molecule has 0 amide bonds. The lowest BCUT2D eigenvalue weighted by molar-refractivity contribution is 0.341. The normalized spacial score (nSPS) is 10.8. The topological polar surface area (TPSA) is 9.23 Å². The largest absolute Gasteiger partial charge is 0.494 e. The van der Waals surface area contributed by atoms with Crippen LogP contribution < -0.4 is 4.74 Å². The van der Waals surface area contributed by atoms with Crippen LogP contribution in [-0.2, 0) is 0 Å². The van der Waals surface area contributed by atoms with Crippen LogP contribution in [-0.4, -0.2) is 6.61 Å². The minimum absolute atomic E-state index is 0.640. The maximum atomic E-state index is 6.09. The van der Waals surface area contributed by atoms with E-state index in [-0.39, 0.29) is 0 Å². The van der Waals surface area contributed by atoms with Gasteiger partial charge in [0.25, 0.3) is 0 Å². The fraction of sp³-hybridized carbons (Fsp3) is 0.200. The molecule has 4 heteroatoms. The lowest BCUT2D eigenvalue weighted by Crippen LogP contribution is -1.90. The van der Waals surface area contributed by atoms with E-state index in [0.29, 0.717) is 16.7 Å². The van der Waals surface area contributed by atoms with E-state index in [1.807, 2.05) is 18.4 Å². The van der Waals surface area contributed by atoms with Crippen molar-refractivity contribution in [2.75, 3.05) is 6.61 Å². The Morgan fingerprint density at radius 1 is 1.29 bits per heavy atom. The molecule has 0 bridgehead atoms. The third-order valence-corrected chi connectivity index (χ3v) is 3.52. The van der Waals surface area contributed by atoms with E-state index in [1.165, 1.54) is 0 Å². The van der Waals surface area contributed by atoms with Gasteiger partial charge in [0.15, 0.2) is 0 Å². The second kappa shape index (κ2) is 3.97. The molecule has 1 nitrogen and oxygen atoms in total.